The molecule has 2 heterocycles. The van der Waals surface area contributed by atoms with Gasteiger partial charge in [0, 0.05) is 18.6 Å². The van der Waals surface area contributed by atoms with E-state index in [1.165, 1.54) is 0 Å². The highest BCUT2D eigenvalue weighted by Crippen LogP contribution is 2.14. The number of nitrogens with zero attached hydrogens (tertiary/aromatic N) is 1. The lowest BCUT2D eigenvalue weighted by atomic mass is 10.1. The summed E-state index contributed by atoms with van der Waals surface area (Å²) in [5, 5.41) is 0.889. The van der Waals surface area contributed by atoms with E-state index in [-0.39, 0.29) is 17.0 Å². The molecule has 3 rings (SSSR count). The van der Waals surface area contributed by atoms with Gasteiger partial charge in [-0.2, -0.15) is 0 Å². The molecule has 0 aliphatic carbocycles. The van der Waals surface area contributed by atoms with Crippen molar-refractivity contribution in [2.45, 2.75) is 12.8 Å². The highest BCUT2D eigenvalue weighted by atomic mass is 16.2. The monoisotopic (exact) mass is 242 g/mol. The quantitative estimate of drug-likeness (QED) is 0.828. The highest BCUT2D eigenvalue weighted by Gasteiger charge is 2.21. The first-order valence-corrected chi connectivity index (χ1v) is 6.17. The SMILES string of the molecule is O=C(c1cc2ccccc2[nH]c1=O)N1CCCC1. The van der Waals surface area contributed by atoms with Gasteiger partial charge in [-0.05, 0) is 30.4 Å². The van der Waals surface area contributed by atoms with E-state index in [0.29, 0.717) is 0 Å². The highest BCUT2D eigenvalue weighted by molar-refractivity contribution is 5.97. The first-order chi connectivity index (χ1) is 8.75. The second-order valence-electron chi connectivity index (χ2n) is 4.60. The summed E-state index contributed by atoms with van der Waals surface area (Å²) in [4.78, 5) is 28.7. The lowest BCUT2D eigenvalue weighted by Crippen LogP contribution is -2.32. The minimum atomic E-state index is -0.300. The summed E-state index contributed by atoms with van der Waals surface area (Å²) in [6.45, 7) is 1.51. The molecule has 0 spiro atoms. The third kappa shape index (κ3) is 1.79. The number of likely N-dealkylation sites (tertiary alicyclic amines) is 1. The first kappa shape index (κ1) is 11.0. The Balaban J connectivity index is 2.08. The van der Waals surface area contributed by atoms with Crippen LogP contribution in [0.2, 0.25) is 0 Å². The van der Waals surface area contributed by atoms with Gasteiger partial charge >= 0.3 is 0 Å². The molecule has 4 nitrogen and oxygen atoms in total. The van der Waals surface area contributed by atoms with Crippen LogP contribution in [0, 0.1) is 0 Å². The lowest BCUT2D eigenvalue weighted by Gasteiger charge is -2.14. The summed E-state index contributed by atoms with van der Waals surface area (Å²) in [6, 6.07) is 9.17. The molecule has 0 atom stereocenters. The number of hydrogen-bond donors (Lipinski definition) is 1. The maximum atomic E-state index is 12.2. The number of rotatable bonds is 1. The van der Waals surface area contributed by atoms with Crippen LogP contribution in [-0.4, -0.2) is 28.9 Å². The molecular weight excluding hydrogens is 228 g/mol. The molecule has 1 saturated heterocycles. The van der Waals surface area contributed by atoms with E-state index in [1.54, 1.807) is 11.0 Å². The third-order valence-electron chi connectivity index (χ3n) is 3.38. The Labute approximate surface area is 104 Å². The second-order valence-corrected chi connectivity index (χ2v) is 4.60. The molecule has 1 fully saturated rings. The molecular formula is C14H14N2O2. The van der Waals surface area contributed by atoms with Crippen molar-refractivity contribution in [1.82, 2.24) is 9.88 Å². The summed E-state index contributed by atoms with van der Waals surface area (Å²) in [6.07, 6.45) is 2.05. The molecule has 1 amide bonds. The van der Waals surface area contributed by atoms with Crippen LogP contribution in [0.15, 0.2) is 35.1 Å². The predicted octanol–water partition coefficient (Wildman–Crippen LogP) is 1.76. The summed E-state index contributed by atoms with van der Waals surface area (Å²) in [5.74, 6) is -0.153. The number of para-hydroxylation sites is 1. The molecule has 2 aromatic rings. The molecule has 1 aromatic carbocycles. The van der Waals surface area contributed by atoms with Gasteiger partial charge in [0.1, 0.15) is 5.56 Å². The van der Waals surface area contributed by atoms with Gasteiger partial charge in [-0.25, -0.2) is 0 Å². The molecule has 18 heavy (non-hydrogen) atoms. The summed E-state index contributed by atoms with van der Waals surface area (Å²) in [5.41, 5.74) is 0.710. The van der Waals surface area contributed by atoms with Crippen LogP contribution in [0.25, 0.3) is 10.9 Å². The number of pyridine rings is 1. The van der Waals surface area contributed by atoms with E-state index in [1.807, 2.05) is 24.3 Å². The Morgan fingerprint density at radius 1 is 1.17 bits per heavy atom. The molecule has 0 radical (unpaired) electrons. The van der Waals surface area contributed by atoms with Gasteiger partial charge in [0.15, 0.2) is 0 Å². The average Bonchev–Trinajstić information content (AvgIpc) is 2.91. The lowest BCUT2D eigenvalue weighted by molar-refractivity contribution is 0.0791. The van der Waals surface area contributed by atoms with E-state index in [9.17, 15) is 9.59 Å². The van der Waals surface area contributed by atoms with Gasteiger partial charge in [-0.3, -0.25) is 9.59 Å². The minimum Gasteiger partial charge on any atom is -0.338 e. The number of aromatic nitrogens is 1. The Bertz CT molecular complexity index is 654. The van der Waals surface area contributed by atoms with Gasteiger partial charge in [0.25, 0.3) is 11.5 Å². The second kappa shape index (κ2) is 4.29. The standard InChI is InChI=1S/C14H14N2O2/c17-13-11(14(18)16-7-3-4-8-16)9-10-5-1-2-6-12(10)15-13/h1-2,5-6,9H,3-4,7-8H2,(H,15,17). The fourth-order valence-corrected chi connectivity index (χ4v) is 2.40. The zero-order valence-electron chi connectivity index (χ0n) is 9.98. The molecule has 4 heteroatoms. The Morgan fingerprint density at radius 3 is 2.67 bits per heavy atom. The number of carbonyl (C=O) groups is 1. The zero-order chi connectivity index (χ0) is 12.5. The normalized spacial score (nSPS) is 15.2. The fraction of sp³-hybridized carbons (Fsp3) is 0.286. The number of benzene rings is 1. The van der Waals surface area contributed by atoms with Gasteiger partial charge < -0.3 is 9.88 Å². The number of aromatic amines is 1. The van der Waals surface area contributed by atoms with E-state index in [2.05, 4.69) is 4.98 Å². The molecule has 1 aromatic heterocycles. The zero-order valence-corrected chi connectivity index (χ0v) is 9.98. The van der Waals surface area contributed by atoms with Crippen LogP contribution in [-0.2, 0) is 0 Å². The van der Waals surface area contributed by atoms with Crippen molar-refractivity contribution in [3.8, 4) is 0 Å². The Hall–Kier alpha value is -2.10. The minimum absolute atomic E-state index is 0.153. The topological polar surface area (TPSA) is 53.2 Å². The van der Waals surface area contributed by atoms with Crippen molar-refractivity contribution >= 4 is 16.8 Å². The van der Waals surface area contributed by atoms with E-state index in [0.717, 1.165) is 36.8 Å². The molecule has 0 saturated carbocycles. The van der Waals surface area contributed by atoms with Crippen molar-refractivity contribution in [2.24, 2.45) is 0 Å². The van der Waals surface area contributed by atoms with Crippen molar-refractivity contribution in [3.05, 3.63) is 46.2 Å². The number of nitrogens with one attached hydrogen (secondary N) is 1. The van der Waals surface area contributed by atoms with Crippen molar-refractivity contribution in [1.29, 1.82) is 0 Å². The molecule has 0 unspecified atom stereocenters. The molecule has 1 aliphatic heterocycles. The van der Waals surface area contributed by atoms with Crippen molar-refractivity contribution in [2.75, 3.05) is 13.1 Å². The number of fused-ring (bicyclic) bond motifs is 1. The molecule has 92 valence electrons. The number of carbonyl (C=O) groups excluding carboxylic acids is 1. The van der Waals surface area contributed by atoms with Crippen LogP contribution >= 0.6 is 0 Å². The summed E-state index contributed by atoms with van der Waals surface area (Å²) < 4.78 is 0. The predicted molar refractivity (Wildman–Crippen MR) is 69.7 cm³/mol. The van der Waals surface area contributed by atoms with Gasteiger partial charge in [0.2, 0.25) is 0 Å². The maximum Gasteiger partial charge on any atom is 0.261 e. The number of hydrogen-bond acceptors (Lipinski definition) is 2. The first-order valence-electron chi connectivity index (χ1n) is 6.17. The molecule has 1 aliphatic rings. The van der Waals surface area contributed by atoms with Crippen molar-refractivity contribution < 1.29 is 4.79 Å². The molecule has 1 N–H and O–H groups in total. The average molecular weight is 242 g/mol. The van der Waals surface area contributed by atoms with Gasteiger partial charge in [0.05, 0.1) is 0 Å². The van der Waals surface area contributed by atoms with Crippen LogP contribution in [0.3, 0.4) is 0 Å². The largest absolute Gasteiger partial charge is 0.338 e. The van der Waals surface area contributed by atoms with Crippen LogP contribution in [0.5, 0.6) is 0 Å². The summed E-state index contributed by atoms with van der Waals surface area (Å²) in [7, 11) is 0. The Kier molecular flexibility index (Phi) is 2.63. The summed E-state index contributed by atoms with van der Waals surface area (Å²) >= 11 is 0. The number of H-pyrrole nitrogens is 1. The molecule has 0 bridgehead atoms. The smallest absolute Gasteiger partial charge is 0.261 e. The van der Waals surface area contributed by atoms with E-state index in [4.69, 9.17) is 0 Å². The van der Waals surface area contributed by atoms with Crippen LogP contribution in [0.1, 0.15) is 23.2 Å². The number of amides is 1. The maximum absolute atomic E-state index is 12.2. The van der Waals surface area contributed by atoms with E-state index >= 15 is 0 Å². The van der Waals surface area contributed by atoms with Gasteiger partial charge in [-0.15, -0.1) is 0 Å². The van der Waals surface area contributed by atoms with Crippen LogP contribution < -0.4 is 5.56 Å². The van der Waals surface area contributed by atoms with Gasteiger partial charge in [-0.1, -0.05) is 18.2 Å². The Morgan fingerprint density at radius 2 is 1.89 bits per heavy atom. The van der Waals surface area contributed by atoms with E-state index < -0.39 is 0 Å². The van der Waals surface area contributed by atoms with Crippen molar-refractivity contribution in [3.63, 3.8) is 0 Å². The fourth-order valence-electron chi connectivity index (χ4n) is 2.40. The van der Waals surface area contributed by atoms with Crippen LogP contribution in [0.4, 0.5) is 0 Å². The third-order valence-corrected chi connectivity index (χ3v) is 3.38.